The van der Waals surface area contributed by atoms with Crippen LogP contribution in [0.3, 0.4) is 0 Å². The summed E-state index contributed by atoms with van der Waals surface area (Å²) in [6, 6.07) is 0. The van der Waals surface area contributed by atoms with Gasteiger partial charge in [-0.25, -0.2) is 0 Å². The van der Waals surface area contributed by atoms with E-state index >= 15 is 0 Å². The second kappa shape index (κ2) is 3.73. The van der Waals surface area contributed by atoms with Crippen LogP contribution in [0.5, 0.6) is 0 Å². The molecular formula is C9H17NO2. The molecule has 2 fully saturated rings. The number of rotatable bonds is 0. The van der Waals surface area contributed by atoms with Crippen molar-refractivity contribution in [1.29, 1.82) is 0 Å². The van der Waals surface area contributed by atoms with Crippen molar-refractivity contribution in [2.45, 2.75) is 24.9 Å². The maximum Gasteiger partial charge on any atom is 0.0928 e. The molecule has 3 heteroatoms. The van der Waals surface area contributed by atoms with E-state index in [1.54, 1.807) is 0 Å². The van der Waals surface area contributed by atoms with Gasteiger partial charge in [-0.2, -0.15) is 0 Å². The van der Waals surface area contributed by atoms with Crippen LogP contribution in [0.1, 0.15) is 19.3 Å². The van der Waals surface area contributed by atoms with Crippen LogP contribution < -0.4 is 5.32 Å². The van der Waals surface area contributed by atoms with Crippen LogP contribution in [-0.4, -0.2) is 38.5 Å². The summed E-state index contributed by atoms with van der Waals surface area (Å²) in [4.78, 5) is 0. The zero-order valence-electron chi connectivity index (χ0n) is 7.47. The molecule has 1 unspecified atom stereocenters. The molecule has 0 amide bonds. The molecule has 1 spiro atoms. The molecule has 0 aromatic carbocycles. The molecule has 2 aliphatic rings. The van der Waals surface area contributed by atoms with Gasteiger partial charge in [-0.3, -0.25) is 0 Å². The molecule has 12 heavy (non-hydrogen) atoms. The van der Waals surface area contributed by atoms with E-state index in [-0.39, 0.29) is 5.60 Å². The summed E-state index contributed by atoms with van der Waals surface area (Å²) in [5, 5.41) is 3.38. The van der Waals surface area contributed by atoms with Gasteiger partial charge in [-0.1, -0.05) is 0 Å². The van der Waals surface area contributed by atoms with Gasteiger partial charge in [0.2, 0.25) is 0 Å². The fraction of sp³-hybridized carbons (Fsp3) is 1.00. The van der Waals surface area contributed by atoms with Gasteiger partial charge in [0.15, 0.2) is 0 Å². The maximum atomic E-state index is 5.82. The Morgan fingerprint density at radius 1 is 1.08 bits per heavy atom. The lowest BCUT2D eigenvalue weighted by molar-refractivity contribution is -0.161. The first kappa shape index (κ1) is 8.48. The third kappa shape index (κ3) is 1.79. The van der Waals surface area contributed by atoms with E-state index in [4.69, 9.17) is 9.47 Å². The van der Waals surface area contributed by atoms with E-state index in [9.17, 15) is 0 Å². The Morgan fingerprint density at radius 3 is 2.92 bits per heavy atom. The lowest BCUT2D eigenvalue weighted by Crippen LogP contribution is -2.43. The van der Waals surface area contributed by atoms with Crippen LogP contribution in [-0.2, 0) is 9.47 Å². The van der Waals surface area contributed by atoms with Crippen LogP contribution in [0.4, 0.5) is 0 Å². The molecule has 3 nitrogen and oxygen atoms in total. The third-order valence-corrected chi connectivity index (χ3v) is 2.74. The summed E-state index contributed by atoms with van der Waals surface area (Å²) in [5.41, 5.74) is 0.0573. The number of hydrogen-bond donors (Lipinski definition) is 1. The Labute approximate surface area is 73.4 Å². The minimum absolute atomic E-state index is 0.0573. The first-order valence-electron chi connectivity index (χ1n) is 4.84. The van der Waals surface area contributed by atoms with Crippen molar-refractivity contribution in [3.8, 4) is 0 Å². The molecule has 1 N–H and O–H groups in total. The highest BCUT2D eigenvalue weighted by atomic mass is 16.6. The molecule has 2 aliphatic heterocycles. The molecule has 2 heterocycles. The summed E-state index contributed by atoms with van der Waals surface area (Å²) < 4.78 is 11.3. The summed E-state index contributed by atoms with van der Waals surface area (Å²) in [7, 11) is 0. The second-order valence-corrected chi connectivity index (χ2v) is 3.69. The molecule has 0 saturated carbocycles. The van der Waals surface area contributed by atoms with Crippen LogP contribution in [0.15, 0.2) is 0 Å². The molecule has 70 valence electrons. The van der Waals surface area contributed by atoms with Gasteiger partial charge in [0.25, 0.3) is 0 Å². The Hall–Kier alpha value is -0.120. The standard InChI is InChI=1S/C9H17NO2/c1-2-9(3-5-10-4-1)8-11-6-7-12-9/h10H,1-8H2. The van der Waals surface area contributed by atoms with Gasteiger partial charge in [-0.15, -0.1) is 0 Å². The summed E-state index contributed by atoms with van der Waals surface area (Å²) >= 11 is 0. The third-order valence-electron chi connectivity index (χ3n) is 2.74. The zero-order valence-corrected chi connectivity index (χ0v) is 7.47. The average molecular weight is 171 g/mol. The van der Waals surface area contributed by atoms with E-state index in [0.29, 0.717) is 0 Å². The van der Waals surface area contributed by atoms with Gasteiger partial charge >= 0.3 is 0 Å². The van der Waals surface area contributed by atoms with Crippen molar-refractivity contribution in [3.05, 3.63) is 0 Å². The first-order chi connectivity index (χ1) is 5.91. The quantitative estimate of drug-likeness (QED) is 0.577. The molecule has 0 radical (unpaired) electrons. The predicted octanol–water partition coefficient (Wildman–Crippen LogP) is 0.545. The molecular weight excluding hydrogens is 154 g/mol. The molecule has 0 aromatic heterocycles. The molecule has 0 aliphatic carbocycles. The lowest BCUT2D eigenvalue weighted by Gasteiger charge is -2.36. The Morgan fingerprint density at radius 2 is 2.08 bits per heavy atom. The minimum Gasteiger partial charge on any atom is -0.376 e. The molecule has 1 atom stereocenters. The highest BCUT2D eigenvalue weighted by Gasteiger charge is 2.34. The molecule has 0 bridgehead atoms. The van der Waals surface area contributed by atoms with Gasteiger partial charge in [-0.05, 0) is 32.4 Å². The SMILES string of the molecule is C1CNCCC2(C1)COCCO2. The Kier molecular flexibility index (Phi) is 2.63. The van der Waals surface area contributed by atoms with Crippen molar-refractivity contribution >= 4 is 0 Å². The van der Waals surface area contributed by atoms with E-state index in [2.05, 4.69) is 5.32 Å². The lowest BCUT2D eigenvalue weighted by atomic mass is 9.95. The van der Waals surface area contributed by atoms with E-state index in [0.717, 1.165) is 45.8 Å². The highest BCUT2D eigenvalue weighted by Crippen LogP contribution is 2.26. The van der Waals surface area contributed by atoms with E-state index in [1.165, 1.54) is 6.42 Å². The summed E-state index contributed by atoms with van der Waals surface area (Å²) in [5.74, 6) is 0. The smallest absolute Gasteiger partial charge is 0.0928 e. The normalized spacial score (nSPS) is 38.0. The van der Waals surface area contributed by atoms with Gasteiger partial charge < -0.3 is 14.8 Å². The van der Waals surface area contributed by atoms with Crippen LogP contribution in [0, 0.1) is 0 Å². The topological polar surface area (TPSA) is 30.5 Å². The Bertz CT molecular complexity index is 133. The van der Waals surface area contributed by atoms with Crippen molar-refractivity contribution in [2.24, 2.45) is 0 Å². The highest BCUT2D eigenvalue weighted by molar-refractivity contribution is 4.85. The van der Waals surface area contributed by atoms with E-state index < -0.39 is 0 Å². The summed E-state index contributed by atoms with van der Waals surface area (Å²) in [6.45, 7) is 4.55. The van der Waals surface area contributed by atoms with Crippen molar-refractivity contribution in [3.63, 3.8) is 0 Å². The first-order valence-corrected chi connectivity index (χ1v) is 4.84. The van der Waals surface area contributed by atoms with Crippen LogP contribution in [0.25, 0.3) is 0 Å². The predicted molar refractivity (Wildman–Crippen MR) is 46.2 cm³/mol. The van der Waals surface area contributed by atoms with Crippen molar-refractivity contribution in [2.75, 3.05) is 32.9 Å². The molecule has 2 rings (SSSR count). The summed E-state index contributed by atoms with van der Waals surface area (Å²) in [6.07, 6.45) is 3.47. The number of nitrogens with one attached hydrogen (secondary N) is 1. The van der Waals surface area contributed by atoms with Gasteiger partial charge in [0.1, 0.15) is 0 Å². The monoisotopic (exact) mass is 171 g/mol. The van der Waals surface area contributed by atoms with Gasteiger partial charge in [0, 0.05) is 0 Å². The molecule has 0 aromatic rings. The average Bonchev–Trinajstić information content (AvgIpc) is 2.33. The van der Waals surface area contributed by atoms with Crippen molar-refractivity contribution in [1.82, 2.24) is 5.32 Å². The minimum atomic E-state index is 0.0573. The number of ether oxygens (including phenoxy) is 2. The van der Waals surface area contributed by atoms with Crippen LogP contribution in [0.2, 0.25) is 0 Å². The Balaban J connectivity index is 1.95. The van der Waals surface area contributed by atoms with Gasteiger partial charge in [0.05, 0.1) is 25.4 Å². The zero-order chi connectivity index (χ0) is 8.28. The van der Waals surface area contributed by atoms with E-state index in [1.807, 2.05) is 0 Å². The maximum absolute atomic E-state index is 5.82. The number of hydrogen-bond acceptors (Lipinski definition) is 3. The van der Waals surface area contributed by atoms with Crippen LogP contribution >= 0.6 is 0 Å². The molecule has 2 saturated heterocycles. The van der Waals surface area contributed by atoms with Crippen molar-refractivity contribution < 1.29 is 9.47 Å². The second-order valence-electron chi connectivity index (χ2n) is 3.69. The largest absolute Gasteiger partial charge is 0.376 e. The fourth-order valence-corrected chi connectivity index (χ4v) is 2.01. The fourth-order valence-electron chi connectivity index (χ4n) is 2.01.